The third-order valence-electron chi connectivity index (χ3n) is 4.70. The summed E-state index contributed by atoms with van der Waals surface area (Å²) in [6.45, 7) is 0. The summed E-state index contributed by atoms with van der Waals surface area (Å²) in [5.74, 6) is 2.83. The summed E-state index contributed by atoms with van der Waals surface area (Å²) in [4.78, 5) is 17.9. The number of rotatable bonds is 6. The van der Waals surface area contributed by atoms with E-state index in [9.17, 15) is 0 Å². The van der Waals surface area contributed by atoms with E-state index in [1.54, 1.807) is 18.6 Å². The van der Waals surface area contributed by atoms with Crippen molar-refractivity contribution in [3.63, 3.8) is 0 Å². The van der Waals surface area contributed by atoms with Crippen LogP contribution in [0.1, 0.15) is 0 Å². The fourth-order valence-electron chi connectivity index (χ4n) is 3.17. The molecule has 3 heterocycles. The van der Waals surface area contributed by atoms with Crippen molar-refractivity contribution in [2.45, 2.75) is 0 Å². The summed E-state index contributed by atoms with van der Waals surface area (Å²) in [6.07, 6.45) is 5.21. The molecule has 5 aromatic rings. The number of pyridine rings is 2. The molecule has 0 aliphatic carbocycles. The van der Waals surface area contributed by atoms with Crippen LogP contribution in [0.5, 0.6) is 11.5 Å². The lowest BCUT2D eigenvalue weighted by molar-refractivity contribution is 0.483. The van der Waals surface area contributed by atoms with Crippen molar-refractivity contribution in [3.8, 4) is 34.3 Å². The molecule has 3 aromatic heterocycles. The zero-order valence-corrected chi connectivity index (χ0v) is 17.1. The quantitative estimate of drug-likeness (QED) is 0.358. The molecule has 154 valence electrons. The smallest absolute Gasteiger partial charge is 0.162 e. The molecule has 6 nitrogen and oxygen atoms in total. The number of hydrogen-bond donors (Lipinski definition) is 1. The number of aromatic nitrogens is 4. The molecule has 0 spiro atoms. The summed E-state index contributed by atoms with van der Waals surface area (Å²) >= 11 is 0. The van der Waals surface area contributed by atoms with E-state index in [4.69, 9.17) is 14.7 Å². The van der Waals surface area contributed by atoms with Crippen molar-refractivity contribution in [1.29, 1.82) is 0 Å². The van der Waals surface area contributed by atoms with Crippen LogP contribution in [-0.2, 0) is 0 Å². The Morgan fingerprint density at radius 3 is 2.12 bits per heavy atom. The molecule has 0 aliphatic rings. The molecule has 0 amide bonds. The third-order valence-corrected chi connectivity index (χ3v) is 4.70. The fraction of sp³-hybridized carbons (Fsp3) is 0. The minimum Gasteiger partial charge on any atom is -0.457 e. The van der Waals surface area contributed by atoms with Gasteiger partial charge in [0, 0.05) is 35.9 Å². The van der Waals surface area contributed by atoms with E-state index in [1.807, 2.05) is 91.0 Å². The molecule has 5 rings (SSSR count). The van der Waals surface area contributed by atoms with Crippen LogP contribution >= 0.6 is 0 Å². The Morgan fingerprint density at radius 1 is 0.625 bits per heavy atom. The Balaban J connectivity index is 1.43. The summed E-state index contributed by atoms with van der Waals surface area (Å²) in [5.41, 5.74) is 3.28. The van der Waals surface area contributed by atoms with Crippen molar-refractivity contribution in [1.82, 2.24) is 19.9 Å². The highest BCUT2D eigenvalue weighted by atomic mass is 16.5. The van der Waals surface area contributed by atoms with Gasteiger partial charge in [0.25, 0.3) is 0 Å². The van der Waals surface area contributed by atoms with Gasteiger partial charge in [-0.25, -0.2) is 9.97 Å². The summed E-state index contributed by atoms with van der Waals surface area (Å²) in [7, 11) is 0. The minimum absolute atomic E-state index is 0.599. The normalized spacial score (nSPS) is 10.5. The minimum atomic E-state index is 0.599. The van der Waals surface area contributed by atoms with Gasteiger partial charge in [0.05, 0.1) is 11.4 Å². The van der Waals surface area contributed by atoms with E-state index < -0.39 is 0 Å². The summed E-state index contributed by atoms with van der Waals surface area (Å²) in [5, 5.41) is 3.37. The molecule has 0 bridgehead atoms. The highest BCUT2D eigenvalue weighted by molar-refractivity contribution is 5.68. The zero-order valence-electron chi connectivity index (χ0n) is 17.1. The van der Waals surface area contributed by atoms with Gasteiger partial charge < -0.3 is 10.1 Å². The molecule has 0 fully saturated rings. The van der Waals surface area contributed by atoms with Crippen molar-refractivity contribution < 1.29 is 4.74 Å². The lowest BCUT2D eigenvalue weighted by Crippen LogP contribution is -2.00. The number of ether oxygens (including phenoxy) is 1. The van der Waals surface area contributed by atoms with Crippen LogP contribution in [0.15, 0.2) is 110 Å². The van der Waals surface area contributed by atoms with Gasteiger partial charge in [-0.3, -0.25) is 9.97 Å². The second-order valence-corrected chi connectivity index (χ2v) is 6.98. The highest BCUT2D eigenvalue weighted by Crippen LogP contribution is 2.27. The number of para-hydroxylation sites is 1. The number of hydrogen-bond acceptors (Lipinski definition) is 6. The van der Waals surface area contributed by atoms with E-state index in [0.717, 1.165) is 34.1 Å². The standard InChI is InChI=1S/C26H19N5O/c1-2-6-21(7-3-1)32-22-11-9-20(10-12-22)29-25-18-24(23-8-4-5-15-28-23)30-26(31-25)19-13-16-27-17-14-19/h1-18H,(H,29,30,31). The topological polar surface area (TPSA) is 72.8 Å². The molecular formula is C26H19N5O. The van der Waals surface area contributed by atoms with Gasteiger partial charge in [0.1, 0.15) is 17.3 Å². The van der Waals surface area contributed by atoms with Gasteiger partial charge in [-0.1, -0.05) is 24.3 Å². The van der Waals surface area contributed by atoms with Crippen LogP contribution in [0.2, 0.25) is 0 Å². The SMILES string of the molecule is c1ccc(Oc2ccc(Nc3cc(-c4ccccn4)nc(-c4ccncc4)n3)cc2)cc1. The Kier molecular flexibility index (Phi) is 5.49. The number of benzene rings is 2. The second-order valence-electron chi connectivity index (χ2n) is 6.98. The molecular weight excluding hydrogens is 398 g/mol. The van der Waals surface area contributed by atoms with E-state index in [0.29, 0.717) is 11.6 Å². The highest BCUT2D eigenvalue weighted by Gasteiger charge is 2.10. The van der Waals surface area contributed by atoms with Crippen LogP contribution in [0.3, 0.4) is 0 Å². The fourth-order valence-corrected chi connectivity index (χ4v) is 3.17. The van der Waals surface area contributed by atoms with Crippen molar-refractivity contribution >= 4 is 11.5 Å². The first-order valence-electron chi connectivity index (χ1n) is 10.1. The van der Waals surface area contributed by atoms with Gasteiger partial charge in [0.2, 0.25) is 0 Å². The summed E-state index contributed by atoms with van der Waals surface area (Å²) < 4.78 is 5.87. The molecule has 1 N–H and O–H groups in total. The molecule has 0 radical (unpaired) electrons. The third kappa shape index (κ3) is 4.60. The number of nitrogens with one attached hydrogen (secondary N) is 1. The van der Waals surface area contributed by atoms with Crippen LogP contribution in [0.25, 0.3) is 22.8 Å². The Labute approximate surface area is 185 Å². The lowest BCUT2D eigenvalue weighted by atomic mass is 10.2. The van der Waals surface area contributed by atoms with Gasteiger partial charge in [-0.2, -0.15) is 0 Å². The van der Waals surface area contributed by atoms with Crippen LogP contribution < -0.4 is 10.1 Å². The van der Waals surface area contributed by atoms with Gasteiger partial charge in [-0.15, -0.1) is 0 Å². The zero-order chi connectivity index (χ0) is 21.6. The van der Waals surface area contributed by atoms with Gasteiger partial charge in [0.15, 0.2) is 5.82 Å². The average Bonchev–Trinajstić information content (AvgIpc) is 2.87. The first-order chi connectivity index (χ1) is 15.8. The Bertz CT molecular complexity index is 1240. The van der Waals surface area contributed by atoms with Gasteiger partial charge >= 0.3 is 0 Å². The lowest BCUT2D eigenvalue weighted by Gasteiger charge is -2.11. The molecule has 0 unspecified atom stereocenters. The maximum absolute atomic E-state index is 5.87. The van der Waals surface area contributed by atoms with Crippen molar-refractivity contribution in [2.75, 3.05) is 5.32 Å². The largest absolute Gasteiger partial charge is 0.457 e. The first kappa shape index (κ1) is 19.4. The van der Waals surface area contributed by atoms with Crippen molar-refractivity contribution in [2.24, 2.45) is 0 Å². The van der Waals surface area contributed by atoms with Crippen LogP contribution in [-0.4, -0.2) is 19.9 Å². The molecule has 6 heteroatoms. The number of anilines is 2. The monoisotopic (exact) mass is 417 g/mol. The predicted molar refractivity (Wildman–Crippen MR) is 125 cm³/mol. The molecule has 0 aliphatic heterocycles. The Morgan fingerprint density at radius 2 is 1.38 bits per heavy atom. The number of nitrogens with zero attached hydrogens (tertiary/aromatic N) is 4. The summed E-state index contributed by atoms with van der Waals surface area (Å²) in [6, 6.07) is 28.8. The molecule has 2 aromatic carbocycles. The van der Waals surface area contributed by atoms with E-state index >= 15 is 0 Å². The van der Waals surface area contributed by atoms with Crippen molar-refractivity contribution in [3.05, 3.63) is 110 Å². The van der Waals surface area contributed by atoms with Crippen LogP contribution in [0.4, 0.5) is 11.5 Å². The molecule has 0 saturated carbocycles. The second kappa shape index (κ2) is 9.06. The Hall–Kier alpha value is -4.58. The average molecular weight is 417 g/mol. The molecule has 0 saturated heterocycles. The predicted octanol–water partition coefficient (Wildman–Crippen LogP) is 6.14. The van der Waals surface area contributed by atoms with Gasteiger partial charge in [-0.05, 0) is 60.7 Å². The maximum atomic E-state index is 5.87. The van der Waals surface area contributed by atoms with E-state index in [1.165, 1.54) is 0 Å². The molecule has 32 heavy (non-hydrogen) atoms. The van der Waals surface area contributed by atoms with Crippen LogP contribution in [0, 0.1) is 0 Å². The van der Waals surface area contributed by atoms with E-state index in [2.05, 4.69) is 15.3 Å². The van der Waals surface area contributed by atoms with E-state index in [-0.39, 0.29) is 0 Å². The first-order valence-corrected chi connectivity index (χ1v) is 10.1. The maximum Gasteiger partial charge on any atom is 0.162 e. The molecule has 0 atom stereocenters.